The normalized spacial score (nSPS) is 12.5. The number of aliphatic hydroxyl groups is 1. The van der Waals surface area contributed by atoms with Crippen LogP contribution in [0.25, 0.3) is 0 Å². The van der Waals surface area contributed by atoms with Gasteiger partial charge >= 0.3 is 5.97 Å². The molecular formula is C10H12O3S2. The minimum absolute atomic E-state index is 0.452. The molecule has 0 aromatic heterocycles. The lowest BCUT2D eigenvalue weighted by molar-refractivity contribution is -0.147. The quantitative estimate of drug-likeness (QED) is 0.796. The highest BCUT2D eigenvalue weighted by atomic mass is 32.2. The number of benzene rings is 1. The number of hydrogen-bond acceptors (Lipinski definition) is 4. The number of carboxylic acid groups (broad SMARTS) is 1. The van der Waals surface area contributed by atoms with Crippen molar-refractivity contribution >= 4 is 29.5 Å². The Bertz CT molecular complexity index is 366. The van der Waals surface area contributed by atoms with E-state index in [1.165, 1.54) is 11.8 Å². The summed E-state index contributed by atoms with van der Waals surface area (Å²) in [6.45, 7) is 0. The van der Waals surface area contributed by atoms with Gasteiger partial charge in [0.05, 0.1) is 0 Å². The van der Waals surface area contributed by atoms with E-state index in [1.807, 2.05) is 24.6 Å². The number of aliphatic hydroxyl groups excluding tert-OH is 1. The number of carboxylic acids is 1. The van der Waals surface area contributed by atoms with Crippen molar-refractivity contribution in [2.45, 2.75) is 15.9 Å². The molecular weight excluding hydrogens is 232 g/mol. The summed E-state index contributed by atoms with van der Waals surface area (Å²) >= 11 is 3.02. The van der Waals surface area contributed by atoms with Crippen molar-refractivity contribution in [3.8, 4) is 0 Å². The van der Waals surface area contributed by atoms with Crippen LogP contribution in [0.3, 0.4) is 0 Å². The third-order valence-corrected chi connectivity index (χ3v) is 3.49. The van der Waals surface area contributed by atoms with E-state index >= 15 is 0 Å². The van der Waals surface area contributed by atoms with Crippen LogP contribution < -0.4 is 0 Å². The lowest BCUT2D eigenvalue weighted by Crippen LogP contribution is -2.11. The SMILES string of the molecule is CSc1ccc(C(O)C(=O)O)c(SC)c1. The van der Waals surface area contributed by atoms with Crippen LogP contribution in [0.15, 0.2) is 28.0 Å². The predicted molar refractivity (Wildman–Crippen MR) is 62.6 cm³/mol. The van der Waals surface area contributed by atoms with Crippen LogP contribution >= 0.6 is 23.5 Å². The van der Waals surface area contributed by atoms with Crippen molar-refractivity contribution in [2.24, 2.45) is 0 Å². The fourth-order valence-electron chi connectivity index (χ4n) is 1.18. The largest absolute Gasteiger partial charge is 0.479 e. The van der Waals surface area contributed by atoms with E-state index < -0.39 is 12.1 Å². The van der Waals surface area contributed by atoms with E-state index in [0.29, 0.717) is 5.56 Å². The molecule has 0 aliphatic rings. The van der Waals surface area contributed by atoms with Crippen LogP contribution in [0.4, 0.5) is 0 Å². The molecule has 3 nitrogen and oxygen atoms in total. The minimum atomic E-state index is -1.44. The zero-order valence-electron chi connectivity index (χ0n) is 8.43. The Hall–Kier alpha value is -0.650. The summed E-state index contributed by atoms with van der Waals surface area (Å²) in [6, 6.07) is 5.36. The summed E-state index contributed by atoms with van der Waals surface area (Å²) in [5, 5.41) is 18.2. The van der Waals surface area contributed by atoms with Crippen molar-refractivity contribution in [1.29, 1.82) is 0 Å². The molecule has 1 unspecified atom stereocenters. The van der Waals surface area contributed by atoms with Gasteiger partial charge in [-0.05, 0) is 24.6 Å². The second-order valence-electron chi connectivity index (χ2n) is 2.85. The van der Waals surface area contributed by atoms with E-state index in [0.717, 1.165) is 9.79 Å². The molecule has 82 valence electrons. The molecule has 1 rings (SSSR count). The van der Waals surface area contributed by atoms with Crippen LogP contribution in [0.1, 0.15) is 11.7 Å². The minimum Gasteiger partial charge on any atom is -0.479 e. The first-order valence-electron chi connectivity index (χ1n) is 4.23. The van der Waals surface area contributed by atoms with E-state index in [9.17, 15) is 9.90 Å². The van der Waals surface area contributed by atoms with Crippen LogP contribution in [0.5, 0.6) is 0 Å². The molecule has 0 fully saturated rings. The average Bonchev–Trinajstić information content (AvgIpc) is 2.27. The topological polar surface area (TPSA) is 57.5 Å². The molecule has 0 amide bonds. The number of aliphatic carboxylic acids is 1. The highest BCUT2D eigenvalue weighted by Gasteiger charge is 2.19. The Labute approximate surface area is 96.9 Å². The Balaban J connectivity index is 3.12. The van der Waals surface area contributed by atoms with Crippen molar-refractivity contribution < 1.29 is 15.0 Å². The van der Waals surface area contributed by atoms with Gasteiger partial charge in [0, 0.05) is 15.4 Å². The number of carbonyl (C=O) groups is 1. The fraction of sp³-hybridized carbons (Fsp3) is 0.300. The van der Waals surface area contributed by atoms with Gasteiger partial charge in [-0.3, -0.25) is 0 Å². The van der Waals surface area contributed by atoms with Gasteiger partial charge in [0.25, 0.3) is 0 Å². The Kier molecular flexibility index (Phi) is 4.50. The van der Waals surface area contributed by atoms with Gasteiger partial charge in [-0.2, -0.15) is 0 Å². The van der Waals surface area contributed by atoms with Crippen molar-refractivity contribution in [3.63, 3.8) is 0 Å². The molecule has 0 aliphatic heterocycles. The van der Waals surface area contributed by atoms with Gasteiger partial charge < -0.3 is 10.2 Å². The van der Waals surface area contributed by atoms with Crippen molar-refractivity contribution in [3.05, 3.63) is 23.8 Å². The molecule has 0 aliphatic carbocycles. The summed E-state index contributed by atoms with van der Waals surface area (Å²) < 4.78 is 0. The van der Waals surface area contributed by atoms with Gasteiger partial charge in [-0.1, -0.05) is 6.07 Å². The molecule has 0 saturated carbocycles. The number of hydrogen-bond donors (Lipinski definition) is 2. The number of thioether (sulfide) groups is 2. The summed E-state index contributed by atoms with van der Waals surface area (Å²) in [7, 11) is 0. The molecule has 5 heteroatoms. The van der Waals surface area contributed by atoms with E-state index in [4.69, 9.17) is 5.11 Å². The van der Waals surface area contributed by atoms with Crippen LogP contribution in [-0.4, -0.2) is 28.7 Å². The van der Waals surface area contributed by atoms with E-state index in [2.05, 4.69) is 0 Å². The maximum Gasteiger partial charge on any atom is 0.337 e. The number of rotatable bonds is 4. The molecule has 15 heavy (non-hydrogen) atoms. The maximum atomic E-state index is 10.7. The molecule has 0 bridgehead atoms. The summed E-state index contributed by atoms with van der Waals surface area (Å²) in [5.41, 5.74) is 0.452. The molecule has 1 atom stereocenters. The summed E-state index contributed by atoms with van der Waals surface area (Å²) in [5.74, 6) is -1.22. The molecule has 2 N–H and O–H groups in total. The first-order chi connectivity index (χ1) is 7.10. The lowest BCUT2D eigenvalue weighted by Gasteiger charge is -2.11. The molecule has 1 aromatic rings. The Morgan fingerprint density at radius 2 is 2.00 bits per heavy atom. The van der Waals surface area contributed by atoms with Crippen LogP contribution in [0.2, 0.25) is 0 Å². The lowest BCUT2D eigenvalue weighted by atomic mass is 10.1. The first-order valence-corrected chi connectivity index (χ1v) is 6.68. The average molecular weight is 244 g/mol. The standard InChI is InChI=1S/C10H12O3S2/c1-14-6-3-4-7(8(5-6)15-2)9(11)10(12)13/h3-5,9,11H,1-2H3,(H,12,13). The molecule has 0 spiro atoms. The van der Waals surface area contributed by atoms with Gasteiger partial charge in [-0.15, -0.1) is 23.5 Å². The van der Waals surface area contributed by atoms with E-state index in [-0.39, 0.29) is 0 Å². The fourth-order valence-corrected chi connectivity index (χ4v) is 2.35. The highest BCUT2D eigenvalue weighted by molar-refractivity contribution is 7.99. The van der Waals surface area contributed by atoms with Crippen LogP contribution in [0, 0.1) is 0 Å². The third kappa shape index (κ3) is 2.90. The zero-order chi connectivity index (χ0) is 11.4. The molecule has 0 saturated heterocycles. The summed E-state index contributed by atoms with van der Waals surface area (Å²) in [6.07, 6.45) is 2.37. The second-order valence-corrected chi connectivity index (χ2v) is 4.58. The Morgan fingerprint density at radius 1 is 1.33 bits per heavy atom. The monoisotopic (exact) mass is 244 g/mol. The van der Waals surface area contributed by atoms with Gasteiger partial charge in [0.2, 0.25) is 0 Å². The first kappa shape index (κ1) is 12.4. The third-order valence-electron chi connectivity index (χ3n) is 1.97. The van der Waals surface area contributed by atoms with Gasteiger partial charge in [0.1, 0.15) is 0 Å². The second kappa shape index (κ2) is 5.44. The molecule has 1 aromatic carbocycles. The predicted octanol–water partition coefficient (Wildman–Crippen LogP) is 2.25. The van der Waals surface area contributed by atoms with Crippen molar-refractivity contribution in [2.75, 3.05) is 12.5 Å². The summed E-state index contributed by atoms with van der Waals surface area (Å²) in [4.78, 5) is 12.5. The maximum absolute atomic E-state index is 10.7. The Morgan fingerprint density at radius 3 is 2.47 bits per heavy atom. The highest BCUT2D eigenvalue weighted by Crippen LogP contribution is 2.30. The molecule has 0 heterocycles. The van der Waals surface area contributed by atoms with Crippen molar-refractivity contribution in [1.82, 2.24) is 0 Å². The van der Waals surface area contributed by atoms with Gasteiger partial charge in [0.15, 0.2) is 6.10 Å². The van der Waals surface area contributed by atoms with E-state index in [1.54, 1.807) is 17.8 Å². The smallest absolute Gasteiger partial charge is 0.337 e. The molecule has 0 radical (unpaired) electrons. The van der Waals surface area contributed by atoms with Crippen LogP contribution in [-0.2, 0) is 4.79 Å². The zero-order valence-corrected chi connectivity index (χ0v) is 10.1. The van der Waals surface area contributed by atoms with Gasteiger partial charge in [-0.25, -0.2) is 4.79 Å².